The minimum absolute atomic E-state index is 0.801. The molecule has 90 valence electrons. The second-order valence-corrected chi connectivity index (χ2v) is 5.71. The zero-order valence-corrected chi connectivity index (χ0v) is 10.2. The first-order valence-corrected chi connectivity index (χ1v) is 6.72. The summed E-state index contributed by atoms with van der Waals surface area (Å²) >= 11 is 0. The van der Waals surface area contributed by atoms with Gasteiger partial charge in [0.2, 0.25) is 0 Å². The zero-order valence-electron chi connectivity index (χ0n) is 10.2. The second kappa shape index (κ2) is 5.37. The third-order valence-corrected chi connectivity index (χ3v) is 4.55. The summed E-state index contributed by atoms with van der Waals surface area (Å²) < 4.78 is 0. The first kappa shape index (κ1) is 12.2. The van der Waals surface area contributed by atoms with Crippen molar-refractivity contribution in [1.29, 1.82) is 0 Å². The van der Waals surface area contributed by atoms with Crippen LogP contribution in [0.4, 0.5) is 0 Å². The summed E-state index contributed by atoms with van der Waals surface area (Å²) in [5.74, 6) is 2.62. The van der Waals surface area contributed by atoms with E-state index in [0.717, 1.165) is 42.5 Å². The largest absolute Gasteiger partial charge is 0.483 e. The summed E-state index contributed by atoms with van der Waals surface area (Å²) in [6.45, 7) is 2.36. The van der Waals surface area contributed by atoms with E-state index in [9.17, 15) is 0 Å². The number of rotatable bonds is 2. The summed E-state index contributed by atoms with van der Waals surface area (Å²) in [6, 6.07) is 0. The van der Waals surface area contributed by atoms with Crippen LogP contribution in [0.3, 0.4) is 0 Å². The van der Waals surface area contributed by atoms with Gasteiger partial charge >= 0.3 is 7.12 Å². The first-order valence-electron chi connectivity index (χ1n) is 6.72. The van der Waals surface area contributed by atoms with E-state index >= 15 is 0 Å². The third-order valence-electron chi connectivity index (χ3n) is 4.55. The maximum atomic E-state index is 9.10. The summed E-state index contributed by atoms with van der Waals surface area (Å²) in [6.07, 6.45) is 10.7. The lowest BCUT2D eigenvalue weighted by Crippen LogP contribution is -2.25. The Hall–Kier alpha value is -0.275. The van der Waals surface area contributed by atoms with Gasteiger partial charge in [0.15, 0.2) is 0 Å². The SMILES string of the molecule is CC1CCC(C2CC=C(B(O)O)CC2)CC1. The monoisotopic (exact) mass is 222 g/mol. The molecule has 0 heterocycles. The van der Waals surface area contributed by atoms with Gasteiger partial charge in [-0.3, -0.25) is 0 Å². The van der Waals surface area contributed by atoms with Gasteiger partial charge in [-0.05, 0) is 55.3 Å². The van der Waals surface area contributed by atoms with Crippen molar-refractivity contribution in [2.75, 3.05) is 0 Å². The van der Waals surface area contributed by atoms with Crippen LogP contribution in [0.1, 0.15) is 51.9 Å². The Morgan fingerprint density at radius 3 is 2.25 bits per heavy atom. The average molecular weight is 222 g/mol. The molecule has 2 aliphatic carbocycles. The second-order valence-electron chi connectivity index (χ2n) is 5.71. The topological polar surface area (TPSA) is 40.5 Å². The minimum atomic E-state index is -1.22. The molecule has 1 saturated carbocycles. The van der Waals surface area contributed by atoms with Crippen LogP contribution in [0.2, 0.25) is 0 Å². The minimum Gasteiger partial charge on any atom is -0.423 e. The van der Waals surface area contributed by atoms with Gasteiger partial charge in [0, 0.05) is 0 Å². The fraction of sp³-hybridized carbons (Fsp3) is 0.846. The molecule has 0 amide bonds. The van der Waals surface area contributed by atoms with E-state index in [4.69, 9.17) is 10.0 Å². The number of hydrogen-bond donors (Lipinski definition) is 2. The Labute approximate surface area is 98.9 Å². The fourth-order valence-electron chi connectivity index (χ4n) is 3.29. The molecule has 2 rings (SSSR count). The fourth-order valence-corrected chi connectivity index (χ4v) is 3.29. The Kier molecular flexibility index (Phi) is 4.09. The van der Waals surface area contributed by atoms with Crippen LogP contribution in [0.15, 0.2) is 11.5 Å². The van der Waals surface area contributed by atoms with Gasteiger partial charge in [-0.25, -0.2) is 0 Å². The van der Waals surface area contributed by atoms with E-state index in [-0.39, 0.29) is 0 Å². The van der Waals surface area contributed by atoms with Gasteiger partial charge in [0.1, 0.15) is 0 Å². The molecule has 0 radical (unpaired) electrons. The molecule has 1 atom stereocenters. The summed E-state index contributed by atoms with van der Waals surface area (Å²) in [5, 5.41) is 18.2. The molecular weight excluding hydrogens is 199 g/mol. The molecule has 0 aromatic carbocycles. The highest BCUT2D eigenvalue weighted by molar-refractivity contribution is 6.50. The van der Waals surface area contributed by atoms with Gasteiger partial charge in [0.05, 0.1) is 0 Å². The van der Waals surface area contributed by atoms with Crippen LogP contribution in [-0.2, 0) is 0 Å². The molecule has 0 aromatic rings. The summed E-state index contributed by atoms with van der Waals surface area (Å²) in [4.78, 5) is 0. The van der Waals surface area contributed by atoms with Crippen molar-refractivity contribution in [3.05, 3.63) is 11.5 Å². The highest BCUT2D eigenvalue weighted by Gasteiger charge is 2.29. The Bertz CT molecular complexity index is 255. The van der Waals surface area contributed by atoms with Crippen LogP contribution in [0, 0.1) is 17.8 Å². The molecule has 0 aromatic heterocycles. The predicted octanol–water partition coefficient (Wildman–Crippen LogP) is 2.55. The maximum absolute atomic E-state index is 9.10. The lowest BCUT2D eigenvalue weighted by Gasteiger charge is -2.34. The van der Waals surface area contributed by atoms with Crippen LogP contribution in [-0.4, -0.2) is 17.2 Å². The van der Waals surface area contributed by atoms with E-state index in [2.05, 4.69) is 13.0 Å². The first-order chi connectivity index (χ1) is 7.66. The highest BCUT2D eigenvalue weighted by atomic mass is 16.4. The molecule has 16 heavy (non-hydrogen) atoms. The van der Waals surface area contributed by atoms with E-state index in [1.165, 1.54) is 25.7 Å². The van der Waals surface area contributed by atoms with Crippen LogP contribution in [0.5, 0.6) is 0 Å². The summed E-state index contributed by atoms with van der Waals surface area (Å²) in [5.41, 5.74) is 0.834. The molecule has 1 fully saturated rings. The lowest BCUT2D eigenvalue weighted by atomic mass is 9.66. The number of hydrogen-bond acceptors (Lipinski definition) is 2. The van der Waals surface area contributed by atoms with Gasteiger partial charge in [-0.1, -0.05) is 25.8 Å². The van der Waals surface area contributed by atoms with Crippen molar-refractivity contribution in [3.8, 4) is 0 Å². The van der Waals surface area contributed by atoms with Gasteiger partial charge in [-0.2, -0.15) is 0 Å². The smallest absolute Gasteiger partial charge is 0.423 e. The maximum Gasteiger partial charge on any atom is 0.483 e. The molecule has 2 nitrogen and oxygen atoms in total. The van der Waals surface area contributed by atoms with Gasteiger partial charge in [0.25, 0.3) is 0 Å². The van der Waals surface area contributed by atoms with Crippen molar-refractivity contribution in [3.63, 3.8) is 0 Å². The molecule has 0 saturated heterocycles. The van der Waals surface area contributed by atoms with Crippen molar-refractivity contribution in [2.24, 2.45) is 17.8 Å². The van der Waals surface area contributed by atoms with E-state index in [1.54, 1.807) is 0 Å². The normalized spacial score (nSPS) is 35.7. The standard InChI is InChI=1S/C13H23BO2/c1-10-2-4-11(5-3-10)12-6-8-13(9-7-12)14(15)16/h8,10-12,15-16H,2-7,9H2,1H3. The molecule has 0 aliphatic heterocycles. The van der Waals surface area contributed by atoms with E-state index in [0.29, 0.717) is 0 Å². The van der Waals surface area contributed by atoms with Crippen molar-refractivity contribution < 1.29 is 10.0 Å². The Balaban J connectivity index is 1.85. The van der Waals surface area contributed by atoms with Crippen molar-refractivity contribution >= 4 is 7.12 Å². The van der Waals surface area contributed by atoms with Gasteiger partial charge < -0.3 is 10.0 Å². The zero-order chi connectivity index (χ0) is 11.5. The molecule has 2 aliphatic rings. The third kappa shape index (κ3) is 2.89. The Morgan fingerprint density at radius 2 is 1.75 bits per heavy atom. The molecular formula is C13H23BO2. The molecule has 2 N–H and O–H groups in total. The van der Waals surface area contributed by atoms with E-state index < -0.39 is 7.12 Å². The number of allylic oxidation sites excluding steroid dienone is 2. The molecule has 1 unspecified atom stereocenters. The molecule has 0 spiro atoms. The van der Waals surface area contributed by atoms with E-state index in [1.807, 2.05) is 0 Å². The highest BCUT2D eigenvalue weighted by Crippen LogP contribution is 2.39. The van der Waals surface area contributed by atoms with Crippen molar-refractivity contribution in [2.45, 2.75) is 51.9 Å². The predicted molar refractivity (Wildman–Crippen MR) is 66.7 cm³/mol. The summed E-state index contributed by atoms with van der Waals surface area (Å²) in [7, 11) is -1.22. The Morgan fingerprint density at radius 1 is 1.06 bits per heavy atom. The van der Waals surface area contributed by atoms with Gasteiger partial charge in [-0.15, -0.1) is 0 Å². The molecule has 0 bridgehead atoms. The molecule has 3 heteroatoms. The lowest BCUT2D eigenvalue weighted by molar-refractivity contribution is 0.200. The quantitative estimate of drug-likeness (QED) is 0.705. The van der Waals surface area contributed by atoms with Crippen LogP contribution in [0.25, 0.3) is 0 Å². The van der Waals surface area contributed by atoms with Crippen molar-refractivity contribution in [1.82, 2.24) is 0 Å². The average Bonchev–Trinajstić information content (AvgIpc) is 2.30. The van der Waals surface area contributed by atoms with Crippen LogP contribution >= 0.6 is 0 Å². The van der Waals surface area contributed by atoms with Crippen LogP contribution < -0.4 is 0 Å².